The zero-order chi connectivity index (χ0) is 13.4. The minimum Gasteiger partial charge on any atom is -0.497 e. The van der Waals surface area contributed by atoms with Crippen LogP contribution in [0.2, 0.25) is 0 Å². The lowest BCUT2D eigenvalue weighted by Gasteiger charge is -2.10. The van der Waals surface area contributed by atoms with Crippen LogP contribution in [0, 0.1) is 0 Å². The first-order chi connectivity index (χ1) is 8.69. The first-order valence-electron chi connectivity index (χ1n) is 6.23. The molecule has 4 nitrogen and oxygen atoms in total. The number of carboxylic acids is 1. The fourth-order valence-corrected chi connectivity index (χ4v) is 1.64. The SMILES string of the molecule is CCCCCCOc1cc(OC)ccc1C(=O)O. The van der Waals surface area contributed by atoms with Crippen LogP contribution in [0.4, 0.5) is 0 Å². The second-order valence-electron chi connectivity index (χ2n) is 4.08. The molecule has 0 unspecified atom stereocenters. The molecular weight excluding hydrogens is 232 g/mol. The number of methoxy groups -OCH3 is 1. The van der Waals surface area contributed by atoms with Crippen LogP contribution in [0.1, 0.15) is 43.0 Å². The third-order valence-electron chi connectivity index (χ3n) is 2.67. The summed E-state index contributed by atoms with van der Waals surface area (Å²) in [5, 5.41) is 9.05. The van der Waals surface area contributed by atoms with E-state index in [-0.39, 0.29) is 5.56 Å². The van der Waals surface area contributed by atoms with Crippen molar-refractivity contribution >= 4 is 5.97 Å². The highest BCUT2D eigenvalue weighted by atomic mass is 16.5. The molecule has 0 aliphatic heterocycles. The molecule has 4 heteroatoms. The first-order valence-corrected chi connectivity index (χ1v) is 6.23. The van der Waals surface area contributed by atoms with E-state index >= 15 is 0 Å². The molecule has 0 aliphatic carbocycles. The predicted molar refractivity (Wildman–Crippen MR) is 69.6 cm³/mol. The van der Waals surface area contributed by atoms with Crippen molar-refractivity contribution in [3.63, 3.8) is 0 Å². The summed E-state index contributed by atoms with van der Waals surface area (Å²) in [5.74, 6) is -0.0110. The lowest BCUT2D eigenvalue weighted by atomic mass is 10.2. The standard InChI is InChI=1S/C14H20O4/c1-3-4-5-6-9-18-13-10-11(17-2)7-8-12(13)14(15)16/h7-8,10H,3-6,9H2,1-2H3,(H,15,16). The van der Waals surface area contributed by atoms with Gasteiger partial charge in [0.25, 0.3) is 0 Å². The van der Waals surface area contributed by atoms with E-state index in [1.165, 1.54) is 18.9 Å². The number of carbonyl (C=O) groups is 1. The van der Waals surface area contributed by atoms with E-state index in [0.29, 0.717) is 18.1 Å². The third kappa shape index (κ3) is 4.28. The Labute approximate surface area is 108 Å². The molecule has 1 aromatic carbocycles. The van der Waals surface area contributed by atoms with Gasteiger partial charge in [-0.15, -0.1) is 0 Å². The van der Waals surface area contributed by atoms with Crippen molar-refractivity contribution in [1.82, 2.24) is 0 Å². The van der Waals surface area contributed by atoms with Gasteiger partial charge in [-0.05, 0) is 18.6 Å². The van der Waals surface area contributed by atoms with Crippen LogP contribution in [-0.4, -0.2) is 24.8 Å². The van der Waals surface area contributed by atoms with Gasteiger partial charge in [0.05, 0.1) is 13.7 Å². The molecular formula is C14H20O4. The van der Waals surface area contributed by atoms with Crippen molar-refractivity contribution in [3.05, 3.63) is 23.8 Å². The highest BCUT2D eigenvalue weighted by molar-refractivity contribution is 5.91. The van der Waals surface area contributed by atoms with E-state index in [1.807, 2.05) is 0 Å². The number of aromatic carboxylic acids is 1. The van der Waals surface area contributed by atoms with Gasteiger partial charge in [0.1, 0.15) is 17.1 Å². The van der Waals surface area contributed by atoms with E-state index < -0.39 is 5.97 Å². The van der Waals surface area contributed by atoms with Crippen molar-refractivity contribution in [2.45, 2.75) is 32.6 Å². The van der Waals surface area contributed by atoms with Gasteiger partial charge in [0.15, 0.2) is 0 Å². The van der Waals surface area contributed by atoms with E-state index in [9.17, 15) is 4.79 Å². The summed E-state index contributed by atoms with van der Waals surface area (Å²) in [6.07, 6.45) is 4.37. The Balaban J connectivity index is 2.63. The predicted octanol–water partition coefficient (Wildman–Crippen LogP) is 3.35. The van der Waals surface area contributed by atoms with Crippen molar-refractivity contribution in [1.29, 1.82) is 0 Å². The highest BCUT2D eigenvalue weighted by Crippen LogP contribution is 2.25. The summed E-state index contributed by atoms with van der Waals surface area (Å²) in [6, 6.07) is 4.74. The average molecular weight is 252 g/mol. The Morgan fingerprint density at radius 2 is 2.06 bits per heavy atom. The van der Waals surface area contributed by atoms with Crippen molar-refractivity contribution in [3.8, 4) is 11.5 Å². The van der Waals surface area contributed by atoms with Crippen molar-refractivity contribution in [2.75, 3.05) is 13.7 Å². The van der Waals surface area contributed by atoms with Gasteiger partial charge in [-0.25, -0.2) is 4.79 Å². The van der Waals surface area contributed by atoms with Gasteiger partial charge in [-0.2, -0.15) is 0 Å². The normalized spacial score (nSPS) is 10.1. The maximum Gasteiger partial charge on any atom is 0.339 e. The molecule has 0 amide bonds. The number of benzene rings is 1. The number of unbranched alkanes of at least 4 members (excludes halogenated alkanes) is 3. The molecule has 0 atom stereocenters. The largest absolute Gasteiger partial charge is 0.497 e. The van der Waals surface area contributed by atoms with Crippen LogP contribution in [0.5, 0.6) is 11.5 Å². The van der Waals surface area contributed by atoms with E-state index in [0.717, 1.165) is 12.8 Å². The number of carboxylic acid groups (broad SMARTS) is 1. The van der Waals surface area contributed by atoms with Gasteiger partial charge in [0, 0.05) is 6.07 Å². The molecule has 0 heterocycles. The zero-order valence-electron chi connectivity index (χ0n) is 10.9. The third-order valence-corrected chi connectivity index (χ3v) is 2.67. The second kappa shape index (κ2) is 7.58. The van der Waals surface area contributed by atoms with Crippen LogP contribution in [0.15, 0.2) is 18.2 Å². The maximum absolute atomic E-state index is 11.0. The van der Waals surface area contributed by atoms with Gasteiger partial charge in [-0.3, -0.25) is 0 Å². The Morgan fingerprint density at radius 3 is 2.67 bits per heavy atom. The Bertz CT molecular complexity index is 387. The second-order valence-corrected chi connectivity index (χ2v) is 4.08. The quantitative estimate of drug-likeness (QED) is 0.721. The fourth-order valence-electron chi connectivity index (χ4n) is 1.64. The lowest BCUT2D eigenvalue weighted by Crippen LogP contribution is -2.05. The van der Waals surface area contributed by atoms with Crippen LogP contribution in [0.3, 0.4) is 0 Å². The van der Waals surface area contributed by atoms with Crippen molar-refractivity contribution < 1.29 is 19.4 Å². The molecule has 1 rings (SSSR count). The van der Waals surface area contributed by atoms with E-state index in [1.54, 1.807) is 19.2 Å². The van der Waals surface area contributed by atoms with Crippen LogP contribution in [0.25, 0.3) is 0 Å². The summed E-state index contributed by atoms with van der Waals surface area (Å²) in [5.41, 5.74) is 0.172. The Morgan fingerprint density at radius 1 is 1.28 bits per heavy atom. The zero-order valence-corrected chi connectivity index (χ0v) is 10.9. The average Bonchev–Trinajstić information content (AvgIpc) is 2.38. The van der Waals surface area contributed by atoms with Crippen molar-refractivity contribution in [2.24, 2.45) is 0 Å². The minimum absolute atomic E-state index is 0.172. The summed E-state index contributed by atoms with van der Waals surface area (Å²) >= 11 is 0. The number of rotatable bonds is 8. The monoisotopic (exact) mass is 252 g/mol. The van der Waals surface area contributed by atoms with Gasteiger partial charge >= 0.3 is 5.97 Å². The first kappa shape index (κ1) is 14.4. The molecule has 1 N–H and O–H groups in total. The fraction of sp³-hybridized carbons (Fsp3) is 0.500. The van der Waals surface area contributed by atoms with E-state index in [2.05, 4.69) is 6.92 Å². The molecule has 1 aromatic rings. The smallest absolute Gasteiger partial charge is 0.339 e. The molecule has 100 valence electrons. The van der Waals surface area contributed by atoms with Gasteiger partial charge < -0.3 is 14.6 Å². The minimum atomic E-state index is -0.985. The molecule has 0 bridgehead atoms. The Kier molecular flexibility index (Phi) is 6.05. The van der Waals surface area contributed by atoms with Gasteiger partial charge in [0.2, 0.25) is 0 Å². The van der Waals surface area contributed by atoms with Gasteiger partial charge in [-0.1, -0.05) is 26.2 Å². The molecule has 0 radical (unpaired) electrons. The molecule has 0 aliphatic rings. The topological polar surface area (TPSA) is 55.8 Å². The number of ether oxygens (including phenoxy) is 2. The van der Waals surface area contributed by atoms with E-state index in [4.69, 9.17) is 14.6 Å². The molecule has 0 aromatic heterocycles. The summed E-state index contributed by atoms with van der Waals surface area (Å²) < 4.78 is 10.6. The molecule has 0 saturated heterocycles. The van der Waals surface area contributed by atoms with Crippen LogP contribution in [-0.2, 0) is 0 Å². The summed E-state index contributed by atoms with van der Waals surface area (Å²) in [7, 11) is 1.54. The summed E-state index contributed by atoms with van der Waals surface area (Å²) in [6.45, 7) is 2.68. The van der Waals surface area contributed by atoms with Crippen LogP contribution < -0.4 is 9.47 Å². The number of hydrogen-bond acceptors (Lipinski definition) is 3. The highest BCUT2D eigenvalue weighted by Gasteiger charge is 2.12. The molecule has 0 spiro atoms. The van der Waals surface area contributed by atoms with Crippen LogP contribution >= 0.6 is 0 Å². The lowest BCUT2D eigenvalue weighted by molar-refractivity contribution is 0.0692. The number of hydrogen-bond donors (Lipinski definition) is 1. The Hall–Kier alpha value is -1.71. The maximum atomic E-state index is 11.0. The molecule has 0 saturated carbocycles. The molecule has 0 fully saturated rings. The summed E-state index contributed by atoms with van der Waals surface area (Å²) in [4.78, 5) is 11.0. The molecule has 18 heavy (non-hydrogen) atoms.